The molecule has 0 aliphatic heterocycles. The molecule has 1 aliphatic carbocycles. The second-order valence-corrected chi connectivity index (χ2v) is 5.16. The summed E-state index contributed by atoms with van der Waals surface area (Å²) in [5.41, 5.74) is 1.49. The van der Waals surface area contributed by atoms with Crippen LogP contribution in [0.3, 0.4) is 0 Å². The first-order chi connectivity index (χ1) is 9.51. The molecule has 1 heterocycles. The van der Waals surface area contributed by atoms with E-state index in [4.69, 9.17) is 0 Å². The third-order valence-electron chi connectivity index (χ3n) is 3.27. The van der Waals surface area contributed by atoms with E-state index in [2.05, 4.69) is 17.2 Å². The van der Waals surface area contributed by atoms with Crippen molar-refractivity contribution in [3.63, 3.8) is 0 Å². The van der Waals surface area contributed by atoms with Gasteiger partial charge in [-0.05, 0) is 31.9 Å². The van der Waals surface area contributed by atoms with Gasteiger partial charge in [0.15, 0.2) is 0 Å². The summed E-state index contributed by atoms with van der Waals surface area (Å²) in [5, 5.41) is 3.22. The van der Waals surface area contributed by atoms with Crippen LogP contribution in [0.5, 0.6) is 0 Å². The predicted molar refractivity (Wildman–Crippen MR) is 72.7 cm³/mol. The van der Waals surface area contributed by atoms with Gasteiger partial charge < -0.3 is 10.2 Å². The van der Waals surface area contributed by atoms with Crippen LogP contribution in [0.25, 0.3) is 0 Å². The van der Waals surface area contributed by atoms with Crippen LogP contribution in [0, 0.1) is 0 Å². The van der Waals surface area contributed by atoms with Crippen molar-refractivity contribution in [2.24, 2.45) is 0 Å². The quantitative estimate of drug-likeness (QED) is 0.781. The van der Waals surface area contributed by atoms with E-state index in [9.17, 15) is 13.2 Å². The average molecular weight is 287 g/mol. The fourth-order valence-electron chi connectivity index (χ4n) is 2.23. The van der Waals surface area contributed by atoms with Crippen molar-refractivity contribution in [1.29, 1.82) is 0 Å². The molecule has 1 aliphatic rings. The van der Waals surface area contributed by atoms with Gasteiger partial charge in [-0.2, -0.15) is 13.2 Å². The van der Waals surface area contributed by atoms with Gasteiger partial charge in [0.2, 0.25) is 0 Å². The van der Waals surface area contributed by atoms with Crippen molar-refractivity contribution in [3.05, 3.63) is 24.0 Å². The standard InChI is InChI=1S/C14H20F3N3/c1-2-6-18-8-11-9-19-7-5-13(11)20(12-3-4-12)10-14(15,16)17/h5,7,9,12,18H,2-4,6,8,10H2,1H3. The highest BCUT2D eigenvalue weighted by molar-refractivity contribution is 5.54. The van der Waals surface area contributed by atoms with Crippen LogP contribution in [0.1, 0.15) is 31.7 Å². The van der Waals surface area contributed by atoms with Gasteiger partial charge in [0, 0.05) is 36.2 Å². The van der Waals surface area contributed by atoms with Crippen molar-refractivity contribution in [2.45, 2.75) is 44.9 Å². The van der Waals surface area contributed by atoms with Crippen LogP contribution in [0.15, 0.2) is 18.5 Å². The lowest BCUT2D eigenvalue weighted by atomic mass is 10.2. The molecule has 6 heteroatoms. The van der Waals surface area contributed by atoms with Gasteiger partial charge in [0.05, 0.1) is 0 Å². The lowest BCUT2D eigenvalue weighted by Crippen LogP contribution is -2.37. The lowest BCUT2D eigenvalue weighted by molar-refractivity contribution is -0.120. The summed E-state index contributed by atoms with van der Waals surface area (Å²) in [5.74, 6) is 0. The highest BCUT2D eigenvalue weighted by atomic mass is 19.4. The van der Waals surface area contributed by atoms with Gasteiger partial charge >= 0.3 is 6.18 Å². The number of halogens is 3. The first-order valence-corrected chi connectivity index (χ1v) is 6.98. The van der Waals surface area contributed by atoms with Crippen LogP contribution in [-0.4, -0.2) is 30.3 Å². The minimum atomic E-state index is -4.18. The number of hydrogen-bond donors (Lipinski definition) is 1. The molecule has 0 unspecified atom stereocenters. The summed E-state index contributed by atoms with van der Waals surface area (Å²) in [6, 6.07) is 1.71. The Bertz CT molecular complexity index is 430. The largest absolute Gasteiger partial charge is 0.405 e. The molecule has 1 saturated carbocycles. The summed E-state index contributed by atoms with van der Waals surface area (Å²) < 4.78 is 38.2. The molecule has 0 spiro atoms. The summed E-state index contributed by atoms with van der Waals surface area (Å²) in [7, 11) is 0. The molecule has 0 saturated heterocycles. The van der Waals surface area contributed by atoms with Crippen molar-refractivity contribution in [1.82, 2.24) is 10.3 Å². The van der Waals surface area contributed by atoms with Crippen molar-refractivity contribution >= 4 is 5.69 Å². The first kappa shape index (κ1) is 15.1. The van der Waals surface area contributed by atoms with Gasteiger partial charge in [-0.1, -0.05) is 6.92 Å². The monoisotopic (exact) mass is 287 g/mol. The molecule has 1 aromatic heterocycles. The maximum Gasteiger partial charge on any atom is 0.405 e. The number of alkyl halides is 3. The lowest BCUT2D eigenvalue weighted by Gasteiger charge is -2.28. The van der Waals surface area contributed by atoms with Crippen LogP contribution in [0.4, 0.5) is 18.9 Å². The number of aromatic nitrogens is 1. The van der Waals surface area contributed by atoms with Gasteiger partial charge in [0.25, 0.3) is 0 Å². The van der Waals surface area contributed by atoms with E-state index >= 15 is 0 Å². The zero-order valence-corrected chi connectivity index (χ0v) is 11.6. The molecule has 0 aromatic carbocycles. The Kier molecular flexibility index (Phi) is 4.86. The van der Waals surface area contributed by atoms with E-state index in [0.717, 1.165) is 31.4 Å². The Morgan fingerprint density at radius 2 is 2.15 bits per heavy atom. The summed E-state index contributed by atoms with van der Waals surface area (Å²) in [6.07, 6.45) is 1.69. The Morgan fingerprint density at radius 1 is 1.40 bits per heavy atom. The normalized spacial score (nSPS) is 15.4. The molecule has 1 fully saturated rings. The van der Waals surface area contributed by atoms with Crippen LogP contribution >= 0.6 is 0 Å². The molecular weight excluding hydrogens is 267 g/mol. The molecule has 0 bridgehead atoms. The van der Waals surface area contributed by atoms with E-state index in [1.165, 1.54) is 4.90 Å². The van der Waals surface area contributed by atoms with E-state index in [1.54, 1.807) is 18.5 Å². The second-order valence-electron chi connectivity index (χ2n) is 5.16. The third-order valence-corrected chi connectivity index (χ3v) is 3.27. The Labute approximate surface area is 117 Å². The van der Waals surface area contributed by atoms with Crippen molar-refractivity contribution in [2.75, 3.05) is 18.0 Å². The Balaban J connectivity index is 2.15. The van der Waals surface area contributed by atoms with Crippen LogP contribution < -0.4 is 10.2 Å². The Hall–Kier alpha value is -1.30. The second kappa shape index (κ2) is 6.43. The van der Waals surface area contributed by atoms with Crippen LogP contribution in [0.2, 0.25) is 0 Å². The highest BCUT2D eigenvalue weighted by Crippen LogP contribution is 2.35. The molecular formula is C14H20F3N3. The van der Waals surface area contributed by atoms with E-state index in [0.29, 0.717) is 12.2 Å². The predicted octanol–water partition coefficient (Wildman–Crippen LogP) is 3.11. The SMILES string of the molecule is CCCNCc1cnccc1N(CC(F)(F)F)C1CC1. The van der Waals surface area contributed by atoms with Crippen molar-refractivity contribution in [3.8, 4) is 0 Å². The number of pyridine rings is 1. The van der Waals surface area contributed by atoms with Gasteiger partial charge in [-0.25, -0.2) is 0 Å². The maximum atomic E-state index is 12.7. The number of nitrogens with one attached hydrogen (secondary N) is 1. The molecule has 1 N–H and O–H groups in total. The van der Waals surface area contributed by atoms with Gasteiger partial charge in [-0.15, -0.1) is 0 Å². The van der Waals surface area contributed by atoms with Crippen LogP contribution in [-0.2, 0) is 6.54 Å². The smallest absolute Gasteiger partial charge is 0.359 e. The van der Waals surface area contributed by atoms with Crippen molar-refractivity contribution < 1.29 is 13.2 Å². The molecule has 1 aromatic rings. The number of nitrogens with zero attached hydrogens (tertiary/aromatic N) is 2. The molecule has 0 radical (unpaired) electrons. The highest BCUT2D eigenvalue weighted by Gasteiger charge is 2.38. The topological polar surface area (TPSA) is 28.2 Å². The fourth-order valence-corrected chi connectivity index (χ4v) is 2.23. The summed E-state index contributed by atoms with van der Waals surface area (Å²) >= 11 is 0. The maximum absolute atomic E-state index is 12.7. The number of anilines is 1. The first-order valence-electron chi connectivity index (χ1n) is 6.98. The molecule has 0 amide bonds. The molecule has 0 atom stereocenters. The molecule has 3 nitrogen and oxygen atoms in total. The van der Waals surface area contributed by atoms with E-state index < -0.39 is 12.7 Å². The molecule has 20 heavy (non-hydrogen) atoms. The third kappa shape index (κ3) is 4.37. The van der Waals surface area contributed by atoms with Gasteiger partial charge in [0.1, 0.15) is 6.54 Å². The van der Waals surface area contributed by atoms with Gasteiger partial charge in [-0.3, -0.25) is 4.98 Å². The minimum absolute atomic E-state index is 0.0175. The summed E-state index contributed by atoms with van der Waals surface area (Å²) in [4.78, 5) is 5.51. The Morgan fingerprint density at radius 3 is 2.75 bits per heavy atom. The molecule has 112 valence electrons. The summed E-state index contributed by atoms with van der Waals surface area (Å²) in [6.45, 7) is 2.56. The average Bonchev–Trinajstić information content (AvgIpc) is 3.20. The van der Waals surface area contributed by atoms with E-state index in [1.807, 2.05) is 0 Å². The zero-order valence-electron chi connectivity index (χ0n) is 11.6. The number of rotatable bonds is 7. The number of hydrogen-bond acceptors (Lipinski definition) is 3. The molecule has 2 rings (SSSR count). The van der Waals surface area contributed by atoms with E-state index in [-0.39, 0.29) is 6.04 Å². The fraction of sp³-hybridized carbons (Fsp3) is 0.643. The minimum Gasteiger partial charge on any atom is -0.359 e. The zero-order chi connectivity index (χ0) is 14.6.